The minimum Gasteiger partial charge on any atom is -0.490 e. The number of sulfonamides is 1. The second-order valence-corrected chi connectivity index (χ2v) is 6.17. The molecule has 1 aliphatic heterocycles. The number of benzene rings is 1. The lowest BCUT2D eigenvalue weighted by Gasteiger charge is -2.16. The van der Waals surface area contributed by atoms with E-state index in [4.69, 9.17) is 9.47 Å². The van der Waals surface area contributed by atoms with Crippen LogP contribution in [0.15, 0.2) is 23.1 Å². The van der Waals surface area contributed by atoms with Gasteiger partial charge in [0.15, 0.2) is 11.5 Å². The average Bonchev–Trinajstić information content (AvgIpc) is 2.78. The summed E-state index contributed by atoms with van der Waals surface area (Å²) in [5, 5.41) is 2.66. The molecule has 2 rings (SSSR count). The quantitative estimate of drug-likeness (QED) is 0.685. The molecule has 10 heteroatoms. The Labute approximate surface area is 133 Å². The molecule has 0 radical (unpaired) electrons. The first kappa shape index (κ1) is 17.0. The van der Waals surface area contributed by atoms with Crippen LogP contribution >= 0.6 is 0 Å². The molecule has 1 aromatic carbocycles. The van der Waals surface area contributed by atoms with Gasteiger partial charge >= 0.3 is 6.03 Å². The molecule has 1 heterocycles. The van der Waals surface area contributed by atoms with Crippen molar-refractivity contribution in [1.29, 1.82) is 0 Å². The van der Waals surface area contributed by atoms with Crippen molar-refractivity contribution in [1.82, 2.24) is 15.2 Å². The van der Waals surface area contributed by atoms with Crippen molar-refractivity contribution < 1.29 is 27.5 Å². The van der Waals surface area contributed by atoms with Crippen LogP contribution in [0, 0.1) is 0 Å². The van der Waals surface area contributed by atoms with Crippen LogP contribution in [0.25, 0.3) is 0 Å². The monoisotopic (exact) mass is 343 g/mol. The zero-order valence-electron chi connectivity index (χ0n) is 12.7. The summed E-state index contributed by atoms with van der Waals surface area (Å²) in [7, 11) is -4.05. The van der Waals surface area contributed by atoms with Gasteiger partial charge in [-0.25, -0.2) is 18.2 Å². The average molecular weight is 343 g/mol. The minimum absolute atomic E-state index is 0.114. The Morgan fingerprint density at radius 3 is 2.39 bits per heavy atom. The molecular formula is C13H17N3O6S. The van der Waals surface area contributed by atoms with Crippen LogP contribution in [0.5, 0.6) is 11.5 Å². The summed E-state index contributed by atoms with van der Waals surface area (Å²) in [5.74, 6) is 0.112. The van der Waals surface area contributed by atoms with Crippen molar-refractivity contribution in [2.45, 2.75) is 18.7 Å². The second kappa shape index (κ2) is 6.84. The van der Waals surface area contributed by atoms with Gasteiger partial charge in [0.25, 0.3) is 10.0 Å². The van der Waals surface area contributed by atoms with Crippen LogP contribution in [0.2, 0.25) is 0 Å². The number of nitrogens with zero attached hydrogens (tertiary/aromatic N) is 1. The van der Waals surface area contributed by atoms with E-state index in [-0.39, 0.29) is 17.2 Å². The Kier molecular flexibility index (Phi) is 5.06. The number of urea groups is 1. The normalized spacial score (nSPS) is 14.8. The molecule has 23 heavy (non-hydrogen) atoms. The van der Waals surface area contributed by atoms with Crippen LogP contribution < -0.4 is 19.6 Å². The molecule has 1 aliphatic rings. The van der Waals surface area contributed by atoms with Gasteiger partial charge in [0.2, 0.25) is 5.91 Å². The standard InChI is InChI=1S/C13H17N3O6S/c1-3-21-10-6-5-9(7-11(10)22-4-2)23(19,20)15-16-8-12(17)14-13(16)18/h5-7,15H,3-4,8H2,1-2H3,(H,14,17,18). The number of imide groups is 1. The number of nitrogens with one attached hydrogen (secondary N) is 2. The molecule has 0 atom stereocenters. The maximum absolute atomic E-state index is 12.3. The van der Waals surface area contributed by atoms with Gasteiger partial charge in [-0.05, 0) is 26.0 Å². The lowest BCUT2D eigenvalue weighted by atomic mass is 10.3. The number of rotatable bonds is 7. The summed E-state index contributed by atoms with van der Waals surface area (Å²) in [6, 6.07) is 3.27. The number of carbonyl (C=O) groups excluding carboxylic acids is 2. The zero-order valence-corrected chi connectivity index (χ0v) is 13.5. The van der Waals surface area contributed by atoms with E-state index in [2.05, 4.69) is 0 Å². The smallest absolute Gasteiger partial charge is 0.339 e. The molecule has 1 saturated heterocycles. The fourth-order valence-corrected chi connectivity index (χ4v) is 2.96. The summed E-state index contributed by atoms with van der Waals surface area (Å²) >= 11 is 0. The summed E-state index contributed by atoms with van der Waals surface area (Å²) in [6.45, 7) is 3.91. The third kappa shape index (κ3) is 3.90. The van der Waals surface area contributed by atoms with Gasteiger partial charge in [0, 0.05) is 6.07 Å². The number of hydrogen-bond donors (Lipinski definition) is 2. The second-order valence-electron chi connectivity index (χ2n) is 4.51. The highest BCUT2D eigenvalue weighted by Gasteiger charge is 2.31. The number of hydrazine groups is 1. The maximum atomic E-state index is 12.3. The maximum Gasteiger partial charge on any atom is 0.339 e. The summed E-state index contributed by atoms with van der Waals surface area (Å²) < 4.78 is 35.4. The highest BCUT2D eigenvalue weighted by molar-refractivity contribution is 7.89. The molecule has 126 valence electrons. The van der Waals surface area contributed by atoms with Crippen LogP contribution in [0.3, 0.4) is 0 Å². The number of carbonyl (C=O) groups is 2. The van der Waals surface area contributed by atoms with Gasteiger partial charge in [-0.1, -0.05) is 0 Å². The van der Waals surface area contributed by atoms with Gasteiger partial charge in [0.05, 0.1) is 18.1 Å². The van der Waals surface area contributed by atoms with Gasteiger partial charge in [0.1, 0.15) is 6.54 Å². The molecule has 1 fully saturated rings. The SMILES string of the molecule is CCOc1ccc(S(=O)(=O)NN2CC(=O)NC2=O)cc1OCC. The van der Waals surface area contributed by atoms with E-state index in [0.717, 1.165) is 0 Å². The zero-order chi connectivity index (χ0) is 17.0. The number of ether oxygens (including phenoxy) is 2. The van der Waals surface area contributed by atoms with E-state index >= 15 is 0 Å². The third-order valence-corrected chi connectivity index (χ3v) is 4.18. The Balaban J connectivity index is 2.27. The predicted octanol–water partition coefficient (Wildman–Crippen LogP) is 0.229. The molecule has 3 amide bonds. The van der Waals surface area contributed by atoms with Crippen molar-refractivity contribution in [3.05, 3.63) is 18.2 Å². The molecule has 0 unspecified atom stereocenters. The topological polar surface area (TPSA) is 114 Å². The highest BCUT2D eigenvalue weighted by Crippen LogP contribution is 2.30. The highest BCUT2D eigenvalue weighted by atomic mass is 32.2. The van der Waals surface area contributed by atoms with Crippen LogP contribution in [-0.4, -0.2) is 45.1 Å². The first-order chi connectivity index (χ1) is 10.9. The number of hydrogen-bond acceptors (Lipinski definition) is 6. The Morgan fingerprint density at radius 2 is 1.83 bits per heavy atom. The molecule has 0 aromatic heterocycles. The fourth-order valence-electron chi connectivity index (χ4n) is 1.91. The molecule has 0 spiro atoms. The summed E-state index contributed by atoms with van der Waals surface area (Å²) in [4.78, 5) is 24.5. The lowest BCUT2D eigenvalue weighted by Crippen LogP contribution is -2.44. The Hall–Kier alpha value is -2.33. The Bertz CT molecular complexity index is 718. The molecule has 1 aromatic rings. The van der Waals surface area contributed by atoms with E-state index in [9.17, 15) is 18.0 Å². The third-order valence-electron chi connectivity index (χ3n) is 2.85. The van der Waals surface area contributed by atoms with Crippen molar-refractivity contribution in [2.24, 2.45) is 0 Å². The number of amides is 3. The van der Waals surface area contributed by atoms with Crippen molar-refractivity contribution >= 4 is 22.0 Å². The van der Waals surface area contributed by atoms with E-state index in [1.165, 1.54) is 18.2 Å². The van der Waals surface area contributed by atoms with Gasteiger partial charge in [-0.2, -0.15) is 0 Å². The molecule has 0 aliphatic carbocycles. The Morgan fingerprint density at radius 1 is 1.17 bits per heavy atom. The first-order valence-corrected chi connectivity index (χ1v) is 8.39. The van der Waals surface area contributed by atoms with Crippen molar-refractivity contribution in [3.8, 4) is 11.5 Å². The van der Waals surface area contributed by atoms with Crippen molar-refractivity contribution in [2.75, 3.05) is 19.8 Å². The van der Waals surface area contributed by atoms with Crippen LogP contribution in [0.1, 0.15) is 13.8 Å². The fraction of sp³-hybridized carbons (Fsp3) is 0.385. The summed E-state index contributed by atoms with van der Waals surface area (Å²) in [5.41, 5.74) is 0. The molecule has 2 N–H and O–H groups in total. The molecular weight excluding hydrogens is 326 g/mol. The lowest BCUT2D eigenvalue weighted by molar-refractivity contribution is -0.118. The van der Waals surface area contributed by atoms with Crippen LogP contribution in [0.4, 0.5) is 4.79 Å². The molecule has 9 nitrogen and oxygen atoms in total. The van der Waals surface area contributed by atoms with Crippen molar-refractivity contribution in [3.63, 3.8) is 0 Å². The van der Waals surface area contributed by atoms with Crippen LogP contribution in [-0.2, 0) is 14.8 Å². The van der Waals surface area contributed by atoms with E-state index in [1.54, 1.807) is 13.8 Å². The first-order valence-electron chi connectivity index (χ1n) is 6.90. The minimum atomic E-state index is -4.05. The van der Waals surface area contributed by atoms with Gasteiger partial charge < -0.3 is 9.47 Å². The van der Waals surface area contributed by atoms with E-state index < -0.39 is 22.0 Å². The molecule has 0 saturated carbocycles. The van der Waals surface area contributed by atoms with Gasteiger partial charge in [-0.15, -0.1) is 4.83 Å². The van der Waals surface area contributed by atoms with E-state index in [1.807, 2.05) is 10.1 Å². The molecule has 0 bridgehead atoms. The van der Waals surface area contributed by atoms with Gasteiger partial charge in [-0.3, -0.25) is 10.1 Å². The predicted molar refractivity (Wildman–Crippen MR) is 79.3 cm³/mol. The largest absolute Gasteiger partial charge is 0.490 e. The van der Waals surface area contributed by atoms with E-state index in [0.29, 0.717) is 24.0 Å². The summed E-state index contributed by atoms with van der Waals surface area (Å²) in [6.07, 6.45) is 0.